The van der Waals surface area contributed by atoms with Gasteiger partial charge in [0.25, 0.3) is 0 Å². The van der Waals surface area contributed by atoms with Crippen molar-refractivity contribution in [1.82, 2.24) is 9.88 Å². The molecule has 1 aromatic heterocycles. The van der Waals surface area contributed by atoms with Crippen LogP contribution in [0.5, 0.6) is 0 Å². The fourth-order valence-corrected chi connectivity index (χ4v) is 6.43. The van der Waals surface area contributed by atoms with Crippen LogP contribution < -0.4 is 10.6 Å². The summed E-state index contributed by atoms with van der Waals surface area (Å²) >= 11 is 0. The van der Waals surface area contributed by atoms with Crippen LogP contribution in [0.25, 0.3) is 22.2 Å². The van der Waals surface area contributed by atoms with Gasteiger partial charge in [0.1, 0.15) is 11.4 Å². The van der Waals surface area contributed by atoms with Crippen molar-refractivity contribution >= 4 is 28.7 Å². The number of halogens is 1. The first kappa shape index (κ1) is 28.9. The fourth-order valence-electron chi connectivity index (χ4n) is 6.43. The molecule has 2 heterocycles. The molecule has 2 aromatic carbocycles. The molecule has 1 unspecified atom stereocenters. The smallest absolute Gasteiger partial charge is 0.408 e. The molecular weight excluding hydrogens is 525 g/mol. The van der Waals surface area contributed by atoms with Gasteiger partial charge in [-0.2, -0.15) is 0 Å². The minimum absolute atomic E-state index is 0.128. The average Bonchev–Trinajstić information content (AvgIpc) is 3.25. The monoisotopic (exact) mass is 565 g/mol. The number of aromatic nitrogens is 1. The summed E-state index contributed by atoms with van der Waals surface area (Å²) in [6.45, 7) is 6.14. The number of nitrogens with one attached hydrogen (secondary N) is 2. The van der Waals surface area contributed by atoms with Gasteiger partial charge in [-0.15, -0.1) is 0 Å². The largest absolute Gasteiger partial charge is 0.465 e. The number of anilines is 1. The number of carbonyl (C=O) groups excluding carboxylic acids is 2. The number of hydrogen-bond acceptors (Lipinski definition) is 6. The zero-order chi connectivity index (χ0) is 29.3. The second-order valence-electron chi connectivity index (χ2n) is 12.0. The van der Waals surface area contributed by atoms with Crippen molar-refractivity contribution in [2.24, 2.45) is 0 Å². The minimum Gasteiger partial charge on any atom is -0.465 e. The Morgan fingerprint density at radius 2 is 1.88 bits per heavy atom. The number of ether oxygens (including phenoxy) is 2. The summed E-state index contributed by atoms with van der Waals surface area (Å²) in [6.07, 6.45) is 5.45. The Bertz CT molecular complexity index is 1450. The third kappa shape index (κ3) is 5.91. The normalized spacial score (nSPS) is 17.6. The van der Waals surface area contributed by atoms with Crippen molar-refractivity contribution in [3.63, 3.8) is 0 Å². The van der Waals surface area contributed by atoms with E-state index in [0.29, 0.717) is 29.7 Å². The molecule has 41 heavy (non-hydrogen) atoms. The van der Waals surface area contributed by atoms with Gasteiger partial charge < -0.3 is 29.8 Å². The van der Waals surface area contributed by atoms with E-state index in [0.717, 1.165) is 53.5 Å². The van der Waals surface area contributed by atoms with E-state index in [2.05, 4.69) is 10.6 Å². The average molecular weight is 566 g/mol. The van der Waals surface area contributed by atoms with Crippen LogP contribution >= 0.6 is 0 Å². The van der Waals surface area contributed by atoms with Crippen LogP contribution in [0.15, 0.2) is 30.3 Å². The van der Waals surface area contributed by atoms with Crippen molar-refractivity contribution < 1.29 is 28.6 Å². The summed E-state index contributed by atoms with van der Waals surface area (Å²) in [5.41, 5.74) is 4.60. The van der Waals surface area contributed by atoms with Crippen molar-refractivity contribution in [3.8, 4) is 11.3 Å². The van der Waals surface area contributed by atoms with E-state index >= 15 is 4.39 Å². The molecule has 2 aliphatic rings. The minimum atomic E-state index is -0.657. The number of fused-ring (bicyclic) bond motifs is 2. The lowest BCUT2D eigenvalue weighted by molar-refractivity contribution is 0.0500. The lowest BCUT2D eigenvalue weighted by atomic mass is 9.81. The summed E-state index contributed by atoms with van der Waals surface area (Å²) in [7, 11) is 1.35. The summed E-state index contributed by atoms with van der Waals surface area (Å²) in [5.74, 6) is -0.599. The number of benzene rings is 2. The number of alkyl carbamates (subject to hydrolysis) is 1. The number of rotatable bonds is 6. The predicted octanol–water partition coefficient (Wildman–Crippen LogP) is 6.66. The number of aliphatic hydroxyl groups excluding tert-OH is 1. The van der Waals surface area contributed by atoms with E-state index in [4.69, 9.17) is 9.47 Å². The Balaban J connectivity index is 1.72. The SMILES string of the molecule is COC(=O)c1ccc2c(C3CCCCC3)c(-c3cc(F)cc4c3NCCC4NC(=O)OC(C)(C)C)n(CCO)c2c1. The topological polar surface area (TPSA) is 102 Å². The van der Waals surface area contributed by atoms with Gasteiger partial charge in [0.05, 0.1) is 31.0 Å². The standard InChI is InChI=1S/C32H40FN3O5/c1-32(2,3)41-31(39)35-25-12-13-34-28-23(25)17-21(33)18-24(28)29-27(19-8-6-5-7-9-19)22-11-10-20(30(38)40-4)16-26(22)36(29)14-15-37/h10-11,16-19,25,34,37H,5-9,12-15H2,1-4H3,(H,35,39). The lowest BCUT2D eigenvalue weighted by Gasteiger charge is -2.31. The molecule has 0 bridgehead atoms. The van der Waals surface area contributed by atoms with Crippen molar-refractivity contribution in [2.75, 3.05) is 25.6 Å². The molecule has 1 fully saturated rings. The van der Waals surface area contributed by atoms with E-state index < -0.39 is 29.5 Å². The maximum atomic E-state index is 15.5. The van der Waals surface area contributed by atoms with Gasteiger partial charge in [-0.3, -0.25) is 0 Å². The molecule has 1 amide bonds. The quantitative estimate of drug-likeness (QED) is 0.289. The molecule has 1 atom stereocenters. The highest BCUT2D eigenvalue weighted by molar-refractivity contribution is 6.00. The maximum absolute atomic E-state index is 15.5. The number of methoxy groups -OCH3 is 1. The first-order chi connectivity index (χ1) is 19.6. The van der Waals surface area contributed by atoms with Crippen LogP contribution in [-0.4, -0.2) is 47.6 Å². The fraction of sp³-hybridized carbons (Fsp3) is 0.500. The molecule has 3 aromatic rings. The molecule has 220 valence electrons. The molecule has 0 saturated heterocycles. The van der Waals surface area contributed by atoms with Crippen LogP contribution in [-0.2, 0) is 16.0 Å². The first-order valence-corrected chi connectivity index (χ1v) is 14.5. The number of esters is 1. The highest BCUT2D eigenvalue weighted by atomic mass is 19.1. The molecular formula is C32H40FN3O5. The predicted molar refractivity (Wildman–Crippen MR) is 157 cm³/mol. The van der Waals surface area contributed by atoms with E-state index in [9.17, 15) is 14.7 Å². The van der Waals surface area contributed by atoms with Gasteiger partial charge in [-0.25, -0.2) is 14.0 Å². The van der Waals surface area contributed by atoms with Crippen LogP contribution in [0.4, 0.5) is 14.9 Å². The highest BCUT2D eigenvalue weighted by Gasteiger charge is 2.32. The van der Waals surface area contributed by atoms with Crippen molar-refractivity contribution in [1.29, 1.82) is 0 Å². The summed E-state index contributed by atoms with van der Waals surface area (Å²) in [4.78, 5) is 25.1. The van der Waals surface area contributed by atoms with Crippen LogP contribution in [0, 0.1) is 5.82 Å². The van der Waals surface area contributed by atoms with Crippen LogP contribution in [0.3, 0.4) is 0 Å². The Hall–Kier alpha value is -3.59. The van der Waals surface area contributed by atoms with Crippen LogP contribution in [0.1, 0.15) is 92.7 Å². The Labute approximate surface area is 240 Å². The lowest BCUT2D eigenvalue weighted by Crippen LogP contribution is -2.37. The van der Waals surface area contributed by atoms with E-state index in [1.54, 1.807) is 32.9 Å². The molecule has 1 saturated carbocycles. The van der Waals surface area contributed by atoms with Gasteiger partial charge in [0.15, 0.2) is 0 Å². The van der Waals surface area contributed by atoms with E-state index in [-0.39, 0.29) is 19.1 Å². The number of nitrogens with zero attached hydrogens (tertiary/aromatic N) is 1. The zero-order valence-electron chi connectivity index (χ0n) is 24.3. The molecule has 3 N–H and O–H groups in total. The van der Waals surface area contributed by atoms with Gasteiger partial charge in [-0.1, -0.05) is 25.3 Å². The summed E-state index contributed by atoms with van der Waals surface area (Å²) < 4.78 is 28.0. The molecule has 1 aliphatic carbocycles. The Morgan fingerprint density at radius 3 is 2.56 bits per heavy atom. The molecule has 0 radical (unpaired) electrons. The second-order valence-corrected chi connectivity index (χ2v) is 12.0. The molecule has 0 spiro atoms. The molecule has 5 rings (SSSR count). The molecule has 8 nitrogen and oxygen atoms in total. The summed E-state index contributed by atoms with van der Waals surface area (Å²) in [6, 6.07) is 8.11. The maximum Gasteiger partial charge on any atom is 0.408 e. The van der Waals surface area contributed by atoms with Gasteiger partial charge in [-0.05, 0) is 75.8 Å². The third-order valence-electron chi connectivity index (χ3n) is 8.05. The number of amides is 1. The van der Waals surface area contributed by atoms with Gasteiger partial charge in [0, 0.05) is 40.8 Å². The first-order valence-electron chi connectivity index (χ1n) is 14.5. The van der Waals surface area contributed by atoms with E-state index in [1.165, 1.54) is 25.7 Å². The van der Waals surface area contributed by atoms with Crippen LogP contribution in [0.2, 0.25) is 0 Å². The van der Waals surface area contributed by atoms with Crippen molar-refractivity contribution in [3.05, 3.63) is 52.8 Å². The second kappa shape index (κ2) is 11.7. The zero-order valence-corrected chi connectivity index (χ0v) is 24.3. The number of aliphatic hydroxyl groups is 1. The Morgan fingerprint density at radius 1 is 1.12 bits per heavy atom. The van der Waals surface area contributed by atoms with E-state index in [1.807, 2.05) is 10.6 Å². The Kier molecular flexibility index (Phi) is 8.27. The molecule has 1 aliphatic heterocycles. The number of carbonyl (C=O) groups is 2. The van der Waals surface area contributed by atoms with Gasteiger partial charge in [0.2, 0.25) is 0 Å². The van der Waals surface area contributed by atoms with Crippen molar-refractivity contribution in [2.45, 2.75) is 83.4 Å². The summed E-state index contributed by atoms with van der Waals surface area (Å²) in [5, 5.41) is 17.6. The van der Waals surface area contributed by atoms with Gasteiger partial charge >= 0.3 is 12.1 Å². The highest BCUT2D eigenvalue weighted by Crippen LogP contribution is 2.48. The third-order valence-corrected chi connectivity index (χ3v) is 8.05. The molecule has 9 heteroatoms. The number of hydrogen-bond donors (Lipinski definition) is 3.